The molecule has 0 aliphatic carbocycles. The Bertz CT molecular complexity index is 1440. The number of fused-ring (bicyclic) bond motifs is 1. The normalized spacial score (nSPS) is 22.1. The summed E-state index contributed by atoms with van der Waals surface area (Å²) >= 11 is 0. The van der Waals surface area contributed by atoms with Crippen LogP contribution in [0, 0.1) is 12.3 Å². The fraction of sp³-hybridized carbons (Fsp3) is 0.647. The van der Waals surface area contributed by atoms with Gasteiger partial charge in [-0.2, -0.15) is 0 Å². The number of nitrogens with zero attached hydrogens (tertiary/aromatic N) is 4. The number of aryl methyl sites for hydroxylation is 3. The number of carbonyl (C=O) groups is 2. The number of sulfonamides is 1. The van der Waals surface area contributed by atoms with Crippen molar-refractivity contribution in [2.75, 3.05) is 45.6 Å². The summed E-state index contributed by atoms with van der Waals surface area (Å²) < 4.78 is 31.8. The number of hydrogen-bond acceptors (Lipinski definition) is 7. The molecule has 11 heteroatoms. The van der Waals surface area contributed by atoms with E-state index in [1.165, 1.54) is 16.1 Å². The third-order valence-corrected chi connectivity index (χ3v) is 11.1. The number of ether oxygens (including phenoxy) is 1. The van der Waals surface area contributed by atoms with Gasteiger partial charge in [-0.25, -0.2) is 22.7 Å². The van der Waals surface area contributed by atoms with Gasteiger partial charge in [-0.1, -0.05) is 24.6 Å². The number of amides is 2. The van der Waals surface area contributed by atoms with Crippen molar-refractivity contribution in [2.24, 2.45) is 5.41 Å². The van der Waals surface area contributed by atoms with Gasteiger partial charge in [-0.15, -0.1) is 0 Å². The second kappa shape index (κ2) is 15.0. The number of piperidine rings is 2. The van der Waals surface area contributed by atoms with Crippen LogP contribution in [0.2, 0.25) is 0 Å². The van der Waals surface area contributed by atoms with Gasteiger partial charge in [-0.3, -0.25) is 9.59 Å². The van der Waals surface area contributed by atoms with Crippen molar-refractivity contribution < 1.29 is 22.7 Å². The van der Waals surface area contributed by atoms with Gasteiger partial charge in [-0.05, 0) is 87.8 Å². The molecule has 10 nitrogen and oxygen atoms in total. The molecule has 5 rings (SSSR count). The topological polar surface area (TPSA) is 122 Å². The van der Waals surface area contributed by atoms with Crippen LogP contribution < -0.4 is 10.1 Å². The SMILES string of the molecule is Cc1nc(CCC(=O)N2CCC3(CCCCc4ccccc4OCCCC(=O)NC3)CC2)cc(C2CCCN(S(C)(=O)=O)C2)n1. The predicted octanol–water partition coefficient (Wildman–Crippen LogP) is 4.17. The summed E-state index contributed by atoms with van der Waals surface area (Å²) in [4.78, 5) is 37.2. The largest absolute Gasteiger partial charge is 0.493 e. The van der Waals surface area contributed by atoms with Gasteiger partial charge < -0.3 is 15.0 Å². The molecule has 2 amide bonds. The van der Waals surface area contributed by atoms with Gasteiger partial charge in [0.15, 0.2) is 0 Å². The van der Waals surface area contributed by atoms with Crippen LogP contribution in [0.5, 0.6) is 5.75 Å². The average molecular weight is 640 g/mol. The first kappa shape index (κ1) is 33.3. The number of hydrogen-bond donors (Lipinski definition) is 1. The van der Waals surface area contributed by atoms with Crippen molar-refractivity contribution in [3.63, 3.8) is 0 Å². The molecule has 45 heavy (non-hydrogen) atoms. The molecule has 246 valence electrons. The summed E-state index contributed by atoms with van der Waals surface area (Å²) in [6.45, 7) is 5.43. The van der Waals surface area contributed by atoms with Gasteiger partial charge in [0.25, 0.3) is 0 Å². The molecule has 2 fully saturated rings. The van der Waals surface area contributed by atoms with E-state index < -0.39 is 10.0 Å². The Balaban J connectivity index is 1.16. The Kier molecular flexibility index (Phi) is 11.1. The molecule has 2 aromatic rings. The minimum atomic E-state index is -3.24. The Morgan fingerprint density at radius 3 is 2.64 bits per heavy atom. The molecule has 1 spiro atoms. The lowest BCUT2D eigenvalue weighted by Gasteiger charge is -2.42. The molecular formula is C34H49N5O5S. The quantitative estimate of drug-likeness (QED) is 0.521. The summed E-state index contributed by atoms with van der Waals surface area (Å²) in [7, 11) is -3.24. The molecule has 0 radical (unpaired) electrons. The second-order valence-electron chi connectivity index (χ2n) is 13.2. The highest BCUT2D eigenvalue weighted by atomic mass is 32.2. The molecule has 1 atom stereocenters. The smallest absolute Gasteiger partial charge is 0.222 e. The van der Waals surface area contributed by atoms with E-state index in [4.69, 9.17) is 4.74 Å². The number of para-hydroxylation sites is 1. The molecule has 1 aromatic carbocycles. The first-order valence-corrected chi connectivity index (χ1v) is 18.5. The first-order chi connectivity index (χ1) is 21.6. The van der Waals surface area contributed by atoms with Crippen LogP contribution in [0.25, 0.3) is 0 Å². The number of likely N-dealkylation sites (tertiary alicyclic amines) is 1. The van der Waals surface area contributed by atoms with E-state index in [1.54, 1.807) is 0 Å². The third kappa shape index (κ3) is 9.25. The van der Waals surface area contributed by atoms with Gasteiger partial charge in [0.05, 0.1) is 12.9 Å². The maximum absolute atomic E-state index is 13.3. The van der Waals surface area contributed by atoms with E-state index in [2.05, 4.69) is 27.4 Å². The second-order valence-corrected chi connectivity index (χ2v) is 15.2. The van der Waals surface area contributed by atoms with Gasteiger partial charge >= 0.3 is 0 Å². The molecule has 0 saturated carbocycles. The Labute approximate surface area is 268 Å². The van der Waals surface area contributed by atoms with Crippen LogP contribution >= 0.6 is 0 Å². The summed E-state index contributed by atoms with van der Waals surface area (Å²) in [5, 5.41) is 3.21. The first-order valence-electron chi connectivity index (χ1n) is 16.7. The van der Waals surface area contributed by atoms with Crippen molar-refractivity contribution in [3.8, 4) is 5.75 Å². The van der Waals surface area contributed by atoms with Crippen molar-refractivity contribution in [3.05, 3.63) is 53.1 Å². The van der Waals surface area contributed by atoms with Crippen LogP contribution in [0.1, 0.15) is 92.9 Å². The molecule has 1 unspecified atom stereocenters. The van der Waals surface area contributed by atoms with E-state index in [-0.39, 0.29) is 23.1 Å². The van der Waals surface area contributed by atoms with Crippen molar-refractivity contribution in [1.29, 1.82) is 0 Å². The van der Waals surface area contributed by atoms with Crippen LogP contribution in [0.3, 0.4) is 0 Å². The minimum absolute atomic E-state index is 0.00505. The Morgan fingerprint density at radius 2 is 1.84 bits per heavy atom. The van der Waals surface area contributed by atoms with Gasteiger partial charge in [0.1, 0.15) is 11.6 Å². The van der Waals surface area contributed by atoms with Crippen LogP contribution in [0.15, 0.2) is 30.3 Å². The third-order valence-electron chi connectivity index (χ3n) is 9.80. The highest BCUT2D eigenvalue weighted by Gasteiger charge is 2.36. The van der Waals surface area contributed by atoms with Crippen LogP contribution in [-0.2, 0) is 32.5 Å². The van der Waals surface area contributed by atoms with E-state index in [0.717, 1.165) is 68.5 Å². The Hall–Kier alpha value is -3.05. The Morgan fingerprint density at radius 1 is 1.04 bits per heavy atom. The zero-order valence-electron chi connectivity index (χ0n) is 26.9. The zero-order valence-corrected chi connectivity index (χ0v) is 27.7. The van der Waals surface area contributed by atoms with Crippen LogP contribution in [-0.4, -0.2) is 85.0 Å². The number of benzene rings is 1. The van der Waals surface area contributed by atoms with Crippen molar-refractivity contribution in [1.82, 2.24) is 24.5 Å². The highest BCUT2D eigenvalue weighted by molar-refractivity contribution is 7.88. The van der Waals surface area contributed by atoms with Gasteiger partial charge in [0.2, 0.25) is 21.8 Å². The average Bonchev–Trinajstić information content (AvgIpc) is 3.03. The summed E-state index contributed by atoms with van der Waals surface area (Å²) in [5.41, 5.74) is 2.93. The lowest BCUT2D eigenvalue weighted by molar-refractivity contribution is -0.134. The number of aromatic nitrogens is 2. The molecule has 1 N–H and O–H groups in total. The van der Waals surface area contributed by atoms with Crippen molar-refractivity contribution >= 4 is 21.8 Å². The zero-order chi connectivity index (χ0) is 31.9. The standard InChI is InChI=1S/C34H49N5O5S/c1-26-36-29(23-30(37-26)28-11-7-19-39(24-28)45(2,42)43)14-15-33(41)38-20-17-34(18-21-38)16-6-5-10-27-9-3-4-12-31(27)44-22-8-13-32(40)35-25-34/h3-4,9,12,23,28H,5-8,10-11,13-22,24-25H2,1-2H3,(H,35,40). The predicted molar refractivity (Wildman–Crippen MR) is 173 cm³/mol. The van der Waals surface area contributed by atoms with E-state index in [0.29, 0.717) is 70.8 Å². The van der Waals surface area contributed by atoms with E-state index in [9.17, 15) is 18.0 Å². The molecule has 4 heterocycles. The maximum atomic E-state index is 13.3. The molecule has 1 aromatic heterocycles. The molecular weight excluding hydrogens is 590 g/mol. The van der Waals surface area contributed by atoms with E-state index >= 15 is 0 Å². The molecule has 3 aliphatic rings. The minimum Gasteiger partial charge on any atom is -0.493 e. The van der Waals surface area contributed by atoms with E-state index in [1.807, 2.05) is 30.0 Å². The fourth-order valence-electron chi connectivity index (χ4n) is 7.07. The van der Waals surface area contributed by atoms with Crippen molar-refractivity contribution in [2.45, 2.75) is 89.9 Å². The van der Waals surface area contributed by atoms with Gasteiger partial charge in [0, 0.05) is 62.9 Å². The summed E-state index contributed by atoms with van der Waals surface area (Å²) in [6, 6.07) is 10.2. The lowest BCUT2D eigenvalue weighted by Crippen LogP contribution is -2.48. The monoisotopic (exact) mass is 639 g/mol. The van der Waals surface area contributed by atoms with Crippen LogP contribution in [0.4, 0.5) is 0 Å². The highest BCUT2D eigenvalue weighted by Crippen LogP contribution is 2.37. The molecule has 2 saturated heterocycles. The number of nitrogens with one attached hydrogen (secondary N) is 1. The fourth-order valence-corrected chi connectivity index (χ4v) is 7.98. The summed E-state index contributed by atoms with van der Waals surface area (Å²) in [6.07, 6.45) is 10.9. The molecule has 3 aliphatic heterocycles. The lowest BCUT2D eigenvalue weighted by atomic mass is 9.74. The molecule has 0 bridgehead atoms. The maximum Gasteiger partial charge on any atom is 0.222 e. The number of rotatable bonds is 5. The number of carbonyl (C=O) groups excluding carboxylic acids is 2. The summed E-state index contributed by atoms with van der Waals surface area (Å²) in [5.74, 6) is 1.81.